The van der Waals surface area contributed by atoms with E-state index in [9.17, 15) is 9.59 Å². The van der Waals surface area contributed by atoms with Gasteiger partial charge in [0.05, 0.1) is 0 Å². The van der Waals surface area contributed by atoms with E-state index < -0.39 is 11.9 Å². The largest absolute Gasteiger partial charge is 0.368 e. The molecule has 0 aromatic heterocycles. The third-order valence-corrected chi connectivity index (χ3v) is 4.79. The standard InChI is InChI=1S/C20H22N2O2/c1-12-8-9-15(10-13(12)2)16-11-17(16)20(24)22-18(19(21)23)14-6-4-3-5-7-14/h3-10,16-18H,11H2,1-2H3,(H2,21,23)(H,22,24). The summed E-state index contributed by atoms with van der Waals surface area (Å²) in [5, 5.41) is 2.81. The predicted molar refractivity (Wildman–Crippen MR) is 93.3 cm³/mol. The number of benzene rings is 2. The summed E-state index contributed by atoms with van der Waals surface area (Å²) in [5.41, 5.74) is 9.85. The number of hydrogen-bond acceptors (Lipinski definition) is 2. The van der Waals surface area contributed by atoms with Crippen LogP contribution >= 0.6 is 0 Å². The van der Waals surface area contributed by atoms with Crippen molar-refractivity contribution < 1.29 is 9.59 Å². The second kappa shape index (κ2) is 6.48. The molecule has 0 radical (unpaired) electrons. The molecule has 2 amide bonds. The number of primary amides is 1. The van der Waals surface area contributed by atoms with Gasteiger partial charge in [-0.15, -0.1) is 0 Å². The van der Waals surface area contributed by atoms with Crippen LogP contribution in [0.4, 0.5) is 0 Å². The topological polar surface area (TPSA) is 72.2 Å². The summed E-state index contributed by atoms with van der Waals surface area (Å²) in [6, 6.07) is 14.7. The molecule has 0 saturated heterocycles. The Kier molecular flexibility index (Phi) is 4.38. The zero-order valence-corrected chi connectivity index (χ0v) is 14.0. The number of rotatable bonds is 5. The molecule has 4 heteroatoms. The van der Waals surface area contributed by atoms with Gasteiger partial charge in [-0.05, 0) is 48.4 Å². The van der Waals surface area contributed by atoms with Crippen LogP contribution in [0.2, 0.25) is 0 Å². The van der Waals surface area contributed by atoms with E-state index in [0.717, 1.165) is 6.42 Å². The Labute approximate surface area is 142 Å². The second-order valence-electron chi connectivity index (χ2n) is 6.55. The molecule has 0 aliphatic heterocycles. The highest BCUT2D eigenvalue weighted by Gasteiger charge is 2.44. The van der Waals surface area contributed by atoms with Crippen LogP contribution in [0.15, 0.2) is 48.5 Å². The summed E-state index contributed by atoms with van der Waals surface area (Å²) in [6.07, 6.45) is 0.814. The Bertz CT molecular complexity index is 770. The molecule has 3 rings (SSSR count). The molecule has 1 aliphatic rings. The molecule has 3 atom stereocenters. The van der Waals surface area contributed by atoms with Gasteiger partial charge in [0.2, 0.25) is 11.8 Å². The van der Waals surface area contributed by atoms with Gasteiger partial charge < -0.3 is 11.1 Å². The minimum Gasteiger partial charge on any atom is -0.368 e. The lowest BCUT2D eigenvalue weighted by Gasteiger charge is -2.16. The molecular formula is C20H22N2O2. The molecule has 1 fully saturated rings. The first-order valence-electron chi connectivity index (χ1n) is 8.19. The average molecular weight is 322 g/mol. The van der Waals surface area contributed by atoms with Gasteiger partial charge >= 0.3 is 0 Å². The van der Waals surface area contributed by atoms with Gasteiger partial charge in [0, 0.05) is 5.92 Å². The summed E-state index contributed by atoms with van der Waals surface area (Å²) in [7, 11) is 0. The maximum absolute atomic E-state index is 12.5. The summed E-state index contributed by atoms with van der Waals surface area (Å²) in [4.78, 5) is 24.2. The van der Waals surface area contributed by atoms with Gasteiger partial charge in [-0.1, -0.05) is 48.5 Å². The van der Waals surface area contributed by atoms with E-state index in [4.69, 9.17) is 5.73 Å². The molecule has 3 unspecified atom stereocenters. The number of hydrogen-bond donors (Lipinski definition) is 2. The average Bonchev–Trinajstić information content (AvgIpc) is 3.36. The molecule has 1 saturated carbocycles. The summed E-state index contributed by atoms with van der Waals surface area (Å²) in [6.45, 7) is 4.16. The van der Waals surface area contributed by atoms with Crippen molar-refractivity contribution in [3.05, 3.63) is 70.8 Å². The normalized spacial score (nSPS) is 20.2. The van der Waals surface area contributed by atoms with Gasteiger partial charge in [0.1, 0.15) is 6.04 Å². The Morgan fingerprint density at radius 2 is 1.79 bits per heavy atom. The number of carbonyl (C=O) groups excluding carboxylic acids is 2. The Balaban J connectivity index is 1.69. The molecular weight excluding hydrogens is 300 g/mol. The smallest absolute Gasteiger partial charge is 0.244 e. The van der Waals surface area contributed by atoms with Gasteiger partial charge in [-0.2, -0.15) is 0 Å². The van der Waals surface area contributed by atoms with Gasteiger partial charge in [0.25, 0.3) is 0 Å². The Morgan fingerprint density at radius 1 is 1.08 bits per heavy atom. The number of carbonyl (C=O) groups is 2. The minimum atomic E-state index is -0.778. The van der Waals surface area contributed by atoms with E-state index in [1.807, 2.05) is 18.2 Å². The van der Waals surface area contributed by atoms with E-state index in [0.29, 0.717) is 5.56 Å². The Hall–Kier alpha value is -2.62. The number of nitrogens with one attached hydrogen (secondary N) is 1. The SMILES string of the molecule is Cc1ccc(C2CC2C(=O)NC(C(N)=O)c2ccccc2)cc1C. The van der Waals surface area contributed by atoms with E-state index in [2.05, 4.69) is 37.4 Å². The molecule has 2 aromatic carbocycles. The van der Waals surface area contributed by atoms with Crippen molar-refractivity contribution in [1.82, 2.24) is 5.32 Å². The highest BCUT2D eigenvalue weighted by molar-refractivity contribution is 5.90. The van der Waals surface area contributed by atoms with Gasteiger partial charge in [-0.25, -0.2) is 0 Å². The van der Waals surface area contributed by atoms with Crippen LogP contribution in [-0.2, 0) is 9.59 Å². The van der Waals surface area contributed by atoms with Crippen molar-refractivity contribution in [1.29, 1.82) is 0 Å². The lowest BCUT2D eigenvalue weighted by atomic mass is 10.0. The minimum absolute atomic E-state index is 0.0855. The predicted octanol–water partition coefficient (Wildman–Crippen LogP) is 2.75. The van der Waals surface area contributed by atoms with Crippen molar-refractivity contribution in [2.24, 2.45) is 11.7 Å². The van der Waals surface area contributed by atoms with E-state index in [-0.39, 0.29) is 17.7 Å². The second-order valence-corrected chi connectivity index (χ2v) is 6.55. The molecule has 0 spiro atoms. The monoisotopic (exact) mass is 322 g/mol. The van der Waals surface area contributed by atoms with Crippen molar-refractivity contribution in [2.75, 3.05) is 0 Å². The van der Waals surface area contributed by atoms with Crippen LogP contribution in [0.3, 0.4) is 0 Å². The molecule has 1 aliphatic carbocycles. The summed E-state index contributed by atoms with van der Waals surface area (Å²) >= 11 is 0. The van der Waals surface area contributed by atoms with E-state index in [1.165, 1.54) is 16.7 Å². The lowest BCUT2D eigenvalue weighted by molar-refractivity contribution is -0.128. The molecule has 124 valence electrons. The lowest BCUT2D eigenvalue weighted by Crippen LogP contribution is -2.38. The molecule has 0 bridgehead atoms. The fourth-order valence-electron chi connectivity index (χ4n) is 3.06. The molecule has 0 heterocycles. The zero-order valence-electron chi connectivity index (χ0n) is 14.0. The first kappa shape index (κ1) is 16.2. The van der Waals surface area contributed by atoms with Crippen LogP contribution in [-0.4, -0.2) is 11.8 Å². The highest BCUT2D eigenvalue weighted by atomic mass is 16.2. The van der Waals surface area contributed by atoms with Crippen LogP contribution in [0.5, 0.6) is 0 Å². The zero-order chi connectivity index (χ0) is 17.3. The number of nitrogens with two attached hydrogens (primary N) is 1. The number of aryl methyl sites for hydroxylation is 2. The third-order valence-electron chi connectivity index (χ3n) is 4.79. The first-order chi connectivity index (χ1) is 11.5. The molecule has 3 N–H and O–H groups in total. The quantitative estimate of drug-likeness (QED) is 0.888. The van der Waals surface area contributed by atoms with Crippen molar-refractivity contribution in [3.8, 4) is 0 Å². The number of amides is 2. The molecule has 24 heavy (non-hydrogen) atoms. The summed E-state index contributed by atoms with van der Waals surface area (Å²) in [5.74, 6) is -0.505. The maximum atomic E-state index is 12.5. The fourth-order valence-corrected chi connectivity index (χ4v) is 3.06. The Morgan fingerprint density at radius 3 is 2.42 bits per heavy atom. The fraction of sp³-hybridized carbons (Fsp3) is 0.300. The third kappa shape index (κ3) is 3.32. The van der Waals surface area contributed by atoms with E-state index >= 15 is 0 Å². The molecule has 2 aromatic rings. The van der Waals surface area contributed by atoms with Crippen molar-refractivity contribution in [3.63, 3.8) is 0 Å². The van der Waals surface area contributed by atoms with Crippen molar-refractivity contribution in [2.45, 2.75) is 32.2 Å². The van der Waals surface area contributed by atoms with Crippen LogP contribution < -0.4 is 11.1 Å². The molecule has 4 nitrogen and oxygen atoms in total. The van der Waals surface area contributed by atoms with Crippen LogP contribution in [0.25, 0.3) is 0 Å². The first-order valence-corrected chi connectivity index (χ1v) is 8.19. The highest BCUT2D eigenvalue weighted by Crippen LogP contribution is 2.48. The van der Waals surface area contributed by atoms with Gasteiger partial charge in [0.15, 0.2) is 0 Å². The van der Waals surface area contributed by atoms with E-state index in [1.54, 1.807) is 12.1 Å². The van der Waals surface area contributed by atoms with Gasteiger partial charge in [-0.3, -0.25) is 9.59 Å². The summed E-state index contributed by atoms with van der Waals surface area (Å²) < 4.78 is 0. The van der Waals surface area contributed by atoms with Crippen LogP contribution in [0, 0.1) is 19.8 Å². The maximum Gasteiger partial charge on any atom is 0.244 e. The van der Waals surface area contributed by atoms with Crippen LogP contribution in [0.1, 0.15) is 40.6 Å². The van der Waals surface area contributed by atoms with Crippen molar-refractivity contribution >= 4 is 11.8 Å².